The first-order valence-electron chi connectivity index (χ1n) is 6.70. The minimum absolute atomic E-state index is 0.287. The van der Waals surface area contributed by atoms with Gasteiger partial charge in [0.25, 0.3) is 0 Å². The fourth-order valence-corrected chi connectivity index (χ4v) is 3.36. The van der Waals surface area contributed by atoms with Gasteiger partial charge in [0.15, 0.2) is 0 Å². The summed E-state index contributed by atoms with van der Waals surface area (Å²) in [5.74, 6) is 2.08. The summed E-state index contributed by atoms with van der Waals surface area (Å²) < 4.78 is 0. The lowest BCUT2D eigenvalue weighted by atomic mass is 9.62. The molecule has 2 rings (SSSR count). The second kappa shape index (κ2) is 4.40. The molecule has 0 fully saturated rings. The van der Waals surface area contributed by atoms with Gasteiger partial charge in [-0.2, -0.15) is 0 Å². The first kappa shape index (κ1) is 12.5. The molecule has 0 bridgehead atoms. The van der Waals surface area contributed by atoms with Crippen LogP contribution in [-0.2, 0) is 6.42 Å². The summed E-state index contributed by atoms with van der Waals surface area (Å²) >= 11 is 0. The van der Waals surface area contributed by atoms with E-state index in [9.17, 15) is 0 Å². The van der Waals surface area contributed by atoms with E-state index >= 15 is 0 Å². The lowest BCUT2D eigenvalue weighted by Crippen LogP contribution is -2.34. The van der Waals surface area contributed by atoms with Crippen molar-refractivity contribution in [1.82, 2.24) is 9.97 Å². The zero-order valence-electron chi connectivity index (χ0n) is 11.7. The van der Waals surface area contributed by atoms with E-state index in [4.69, 9.17) is 0 Å². The Morgan fingerprint density at radius 3 is 2.59 bits per heavy atom. The van der Waals surface area contributed by atoms with Crippen molar-refractivity contribution in [2.24, 2.45) is 17.3 Å². The number of aryl methyl sites for hydroxylation is 1. The average Bonchev–Trinajstić information content (AvgIpc) is 2.26. The normalized spacial score (nSPS) is 24.8. The van der Waals surface area contributed by atoms with E-state index in [1.165, 1.54) is 17.7 Å². The second-order valence-electron chi connectivity index (χ2n) is 6.72. The summed E-state index contributed by atoms with van der Waals surface area (Å²) in [6.45, 7) is 11.7. The largest absolute Gasteiger partial charge is 0.245 e. The van der Waals surface area contributed by atoms with Crippen molar-refractivity contribution in [3.8, 4) is 0 Å². The maximum Gasteiger partial charge on any atom is 0.115 e. The van der Waals surface area contributed by atoms with Gasteiger partial charge in [0.05, 0.1) is 0 Å². The highest BCUT2D eigenvalue weighted by Gasteiger charge is 2.39. The molecule has 0 radical (unpaired) electrons. The Labute approximate surface area is 105 Å². The number of hydrogen-bond acceptors (Lipinski definition) is 2. The molecule has 0 spiro atoms. The predicted molar refractivity (Wildman–Crippen MR) is 70.9 cm³/mol. The van der Waals surface area contributed by atoms with E-state index in [-0.39, 0.29) is 5.41 Å². The lowest BCUT2D eigenvalue weighted by molar-refractivity contribution is 0.168. The number of aromatic nitrogens is 2. The Balaban J connectivity index is 2.46. The highest BCUT2D eigenvalue weighted by molar-refractivity contribution is 5.27. The van der Waals surface area contributed by atoms with Gasteiger partial charge in [-0.3, -0.25) is 0 Å². The van der Waals surface area contributed by atoms with Crippen LogP contribution in [0.25, 0.3) is 0 Å². The molecule has 0 amide bonds. The van der Waals surface area contributed by atoms with Crippen LogP contribution in [0.5, 0.6) is 0 Å². The van der Waals surface area contributed by atoms with Crippen LogP contribution < -0.4 is 0 Å². The van der Waals surface area contributed by atoms with Gasteiger partial charge < -0.3 is 0 Å². The van der Waals surface area contributed by atoms with Crippen LogP contribution in [0.2, 0.25) is 0 Å². The number of rotatable bonds is 1. The first-order valence-corrected chi connectivity index (χ1v) is 6.70. The van der Waals surface area contributed by atoms with Crippen molar-refractivity contribution in [3.05, 3.63) is 23.8 Å². The fraction of sp³-hybridized carbons (Fsp3) is 0.733. The lowest BCUT2D eigenvalue weighted by Gasteiger charge is -2.43. The molecule has 0 aromatic carbocycles. The van der Waals surface area contributed by atoms with Crippen LogP contribution in [-0.4, -0.2) is 9.97 Å². The molecule has 0 saturated heterocycles. The van der Waals surface area contributed by atoms with Gasteiger partial charge in [0.2, 0.25) is 0 Å². The summed E-state index contributed by atoms with van der Waals surface area (Å²) in [4.78, 5) is 8.71. The quantitative estimate of drug-likeness (QED) is 0.735. The molecule has 1 aliphatic rings. The van der Waals surface area contributed by atoms with Crippen LogP contribution in [0.4, 0.5) is 0 Å². The molecule has 1 aliphatic carbocycles. The molecule has 1 heterocycles. The summed E-state index contributed by atoms with van der Waals surface area (Å²) in [5.41, 5.74) is 2.95. The van der Waals surface area contributed by atoms with Gasteiger partial charge in [0.1, 0.15) is 6.33 Å². The number of nitrogens with zero attached hydrogens (tertiary/aromatic N) is 2. The van der Waals surface area contributed by atoms with E-state index in [0.717, 1.165) is 18.3 Å². The van der Waals surface area contributed by atoms with Gasteiger partial charge >= 0.3 is 0 Å². The summed E-state index contributed by atoms with van der Waals surface area (Å²) in [6, 6.07) is 0. The van der Waals surface area contributed by atoms with Gasteiger partial charge in [-0.25, -0.2) is 9.97 Å². The molecule has 94 valence electrons. The van der Waals surface area contributed by atoms with E-state index in [0.29, 0.717) is 5.92 Å². The monoisotopic (exact) mass is 232 g/mol. The Kier molecular flexibility index (Phi) is 3.24. The van der Waals surface area contributed by atoms with Crippen molar-refractivity contribution in [2.45, 2.75) is 53.4 Å². The third-order valence-electron chi connectivity index (χ3n) is 4.09. The summed E-state index contributed by atoms with van der Waals surface area (Å²) in [6.07, 6.45) is 6.12. The van der Waals surface area contributed by atoms with Crippen LogP contribution in [0, 0.1) is 17.3 Å². The Morgan fingerprint density at radius 2 is 2.00 bits per heavy atom. The van der Waals surface area contributed by atoms with Crippen molar-refractivity contribution in [3.63, 3.8) is 0 Å². The first-order chi connectivity index (χ1) is 7.91. The smallest absolute Gasteiger partial charge is 0.115 e. The predicted octanol–water partition coefficient (Wildman–Crippen LogP) is 3.82. The van der Waals surface area contributed by atoms with Crippen LogP contribution >= 0.6 is 0 Å². The van der Waals surface area contributed by atoms with Crippen LogP contribution in [0.3, 0.4) is 0 Å². The van der Waals surface area contributed by atoms with Gasteiger partial charge in [-0.1, -0.05) is 34.6 Å². The highest BCUT2D eigenvalue weighted by atomic mass is 14.8. The van der Waals surface area contributed by atoms with Crippen LogP contribution in [0.15, 0.2) is 12.5 Å². The molecule has 1 aromatic heterocycles. The molecule has 0 saturated carbocycles. The van der Waals surface area contributed by atoms with Gasteiger partial charge in [-0.15, -0.1) is 0 Å². The van der Waals surface area contributed by atoms with Crippen molar-refractivity contribution < 1.29 is 0 Å². The molecule has 17 heavy (non-hydrogen) atoms. The number of hydrogen-bond donors (Lipinski definition) is 0. The molecule has 2 nitrogen and oxygen atoms in total. The highest BCUT2D eigenvalue weighted by Crippen LogP contribution is 2.48. The van der Waals surface area contributed by atoms with Gasteiger partial charge in [0, 0.05) is 11.9 Å². The molecule has 2 unspecified atom stereocenters. The molecule has 2 heteroatoms. The molecular formula is C15H24N2. The molecular weight excluding hydrogens is 208 g/mol. The van der Waals surface area contributed by atoms with Crippen molar-refractivity contribution in [1.29, 1.82) is 0 Å². The van der Waals surface area contributed by atoms with E-state index in [1.54, 1.807) is 6.33 Å². The van der Waals surface area contributed by atoms with Gasteiger partial charge in [-0.05, 0) is 41.6 Å². The van der Waals surface area contributed by atoms with Crippen LogP contribution in [0.1, 0.15) is 58.2 Å². The van der Waals surface area contributed by atoms with E-state index in [2.05, 4.69) is 44.6 Å². The second-order valence-corrected chi connectivity index (χ2v) is 6.72. The minimum Gasteiger partial charge on any atom is -0.245 e. The Morgan fingerprint density at radius 1 is 1.29 bits per heavy atom. The SMILES string of the molecule is CC(C)C1CCc2ncncc2C1C(C)(C)C. The third-order valence-corrected chi connectivity index (χ3v) is 4.09. The molecule has 2 atom stereocenters. The molecule has 0 N–H and O–H groups in total. The summed E-state index contributed by atoms with van der Waals surface area (Å²) in [5, 5.41) is 0. The zero-order chi connectivity index (χ0) is 12.6. The van der Waals surface area contributed by atoms with E-state index in [1.807, 2.05) is 6.20 Å². The topological polar surface area (TPSA) is 25.8 Å². The third kappa shape index (κ3) is 2.36. The van der Waals surface area contributed by atoms with E-state index < -0.39 is 0 Å². The Hall–Kier alpha value is -0.920. The maximum atomic E-state index is 4.47. The van der Waals surface area contributed by atoms with Crippen molar-refractivity contribution >= 4 is 0 Å². The average molecular weight is 232 g/mol. The fourth-order valence-electron chi connectivity index (χ4n) is 3.36. The maximum absolute atomic E-state index is 4.47. The standard InChI is InChI=1S/C15H24N2/c1-10(2)11-6-7-13-12(8-16-9-17-13)14(11)15(3,4)5/h8-11,14H,6-7H2,1-5H3. The molecule has 1 aromatic rings. The zero-order valence-corrected chi connectivity index (χ0v) is 11.7. The summed E-state index contributed by atoms with van der Waals surface area (Å²) in [7, 11) is 0. The minimum atomic E-state index is 0.287. The van der Waals surface area contributed by atoms with Crippen molar-refractivity contribution in [2.75, 3.05) is 0 Å². The molecule has 0 aliphatic heterocycles. The Bertz CT molecular complexity index is 390. The number of fused-ring (bicyclic) bond motifs is 1.